The molecule has 3 rings (SSSR count). The van der Waals surface area contributed by atoms with Gasteiger partial charge in [-0.2, -0.15) is 5.10 Å². The van der Waals surface area contributed by atoms with Gasteiger partial charge in [0.15, 0.2) is 0 Å². The minimum Gasteiger partial charge on any atom is -0.312 e. The van der Waals surface area contributed by atoms with E-state index in [4.69, 9.17) is 0 Å². The first kappa shape index (κ1) is 17.3. The number of rotatable bonds is 5. The van der Waals surface area contributed by atoms with Crippen molar-refractivity contribution < 1.29 is 9.59 Å². The first-order chi connectivity index (χ1) is 12.0. The zero-order valence-electron chi connectivity index (χ0n) is 14.3. The summed E-state index contributed by atoms with van der Waals surface area (Å²) >= 11 is 1.52. The second kappa shape index (κ2) is 7.57. The zero-order valence-corrected chi connectivity index (χ0v) is 15.1. The molecule has 1 aromatic heterocycles. The predicted octanol–water partition coefficient (Wildman–Crippen LogP) is 2.66. The van der Waals surface area contributed by atoms with Crippen molar-refractivity contribution in [1.82, 2.24) is 10.4 Å². The molecule has 2 heterocycles. The van der Waals surface area contributed by atoms with Crippen molar-refractivity contribution in [3.63, 3.8) is 0 Å². The SMILES string of the molecule is C/C(=N/NC(=O)Cc1csc(C)n1)c1cccc(N2CCCC2=O)c1. The van der Waals surface area contributed by atoms with Crippen LogP contribution in [0.3, 0.4) is 0 Å². The van der Waals surface area contributed by atoms with Gasteiger partial charge in [-0.05, 0) is 38.0 Å². The number of anilines is 1. The number of carbonyl (C=O) groups excluding carboxylic acids is 2. The van der Waals surface area contributed by atoms with Crippen molar-refractivity contribution in [2.24, 2.45) is 5.10 Å². The van der Waals surface area contributed by atoms with Crippen LogP contribution in [0.15, 0.2) is 34.7 Å². The van der Waals surface area contributed by atoms with Gasteiger partial charge in [0, 0.05) is 24.0 Å². The maximum atomic E-state index is 12.0. The Bertz CT molecular complexity index is 828. The van der Waals surface area contributed by atoms with Crippen molar-refractivity contribution in [3.8, 4) is 0 Å². The third-order valence-corrected chi connectivity index (χ3v) is 4.83. The van der Waals surface area contributed by atoms with Gasteiger partial charge >= 0.3 is 0 Å². The van der Waals surface area contributed by atoms with Crippen molar-refractivity contribution >= 4 is 34.6 Å². The number of nitrogens with one attached hydrogen (secondary N) is 1. The summed E-state index contributed by atoms with van der Waals surface area (Å²) in [4.78, 5) is 29.9. The zero-order chi connectivity index (χ0) is 17.8. The van der Waals surface area contributed by atoms with Crippen LogP contribution in [-0.2, 0) is 16.0 Å². The molecule has 6 nitrogen and oxygen atoms in total. The molecule has 0 spiro atoms. The molecule has 0 radical (unpaired) electrons. The second-order valence-electron chi connectivity index (χ2n) is 5.97. The smallest absolute Gasteiger partial charge is 0.246 e. The third kappa shape index (κ3) is 4.30. The molecule has 7 heteroatoms. The molecule has 1 saturated heterocycles. The summed E-state index contributed by atoms with van der Waals surface area (Å²) in [6.07, 6.45) is 1.70. The van der Waals surface area contributed by atoms with Crippen molar-refractivity contribution in [3.05, 3.63) is 45.9 Å². The number of benzene rings is 1. The van der Waals surface area contributed by atoms with Gasteiger partial charge in [0.25, 0.3) is 0 Å². The number of hydrogen-bond donors (Lipinski definition) is 1. The van der Waals surface area contributed by atoms with Crippen LogP contribution in [0.25, 0.3) is 0 Å². The standard InChI is InChI=1S/C18H20N4O2S/c1-12(20-21-17(23)10-15-11-25-13(2)19-15)14-5-3-6-16(9-14)22-8-4-7-18(22)24/h3,5-6,9,11H,4,7-8,10H2,1-2H3,(H,21,23)/b20-12-. The number of aryl methyl sites for hydroxylation is 1. The molecule has 0 bridgehead atoms. The molecule has 0 saturated carbocycles. The van der Waals surface area contributed by atoms with Gasteiger partial charge in [-0.1, -0.05) is 12.1 Å². The summed E-state index contributed by atoms with van der Waals surface area (Å²) in [5.74, 6) is -0.0471. The van der Waals surface area contributed by atoms with Gasteiger partial charge in [-0.3, -0.25) is 9.59 Å². The Morgan fingerprint density at radius 2 is 2.28 bits per heavy atom. The summed E-state index contributed by atoms with van der Waals surface area (Å²) in [6.45, 7) is 4.49. The number of nitrogens with zero attached hydrogens (tertiary/aromatic N) is 3. The number of hydrogen-bond acceptors (Lipinski definition) is 5. The highest BCUT2D eigenvalue weighted by Gasteiger charge is 2.21. The molecule has 25 heavy (non-hydrogen) atoms. The van der Waals surface area contributed by atoms with Gasteiger partial charge < -0.3 is 4.90 Å². The van der Waals surface area contributed by atoms with E-state index in [-0.39, 0.29) is 18.2 Å². The van der Waals surface area contributed by atoms with Gasteiger partial charge in [0.05, 0.1) is 22.8 Å². The number of aromatic nitrogens is 1. The molecule has 1 aromatic carbocycles. The molecule has 1 N–H and O–H groups in total. The van der Waals surface area contributed by atoms with E-state index >= 15 is 0 Å². The van der Waals surface area contributed by atoms with Gasteiger partial charge in [0.2, 0.25) is 11.8 Å². The topological polar surface area (TPSA) is 74.7 Å². The average molecular weight is 356 g/mol. The van der Waals surface area contributed by atoms with Crippen LogP contribution in [0.1, 0.15) is 36.0 Å². The van der Waals surface area contributed by atoms with Crippen LogP contribution < -0.4 is 10.3 Å². The van der Waals surface area contributed by atoms with Gasteiger partial charge in [-0.25, -0.2) is 10.4 Å². The van der Waals surface area contributed by atoms with E-state index in [9.17, 15) is 9.59 Å². The third-order valence-electron chi connectivity index (χ3n) is 4.01. The van der Waals surface area contributed by atoms with E-state index in [2.05, 4.69) is 15.5 Å². The molecule has 2 amide bonds. The van der Waals surface area contributed by atoms with Crippen LogP contribution in [0, 0.1) is 6.92 Å². The van der Waals surface area contributed by atoms with E-state index in [1.54, 1.807) is 4.90 Å². The van der Waals surface area contributed by atoms with Crippen LogP contribution in [0.5, 0.6) is 0 Å². The summed E-state index contributed by atoms with van der Waals surface area (Å²) in [5, 5.41) is 6.99. The van der Waals surface area contributed by atoms with E-state index in [0.29, 0.717) is 12.1 Å². The number of thiazole rings is 1. The average Bonchev–Trinajstić information content (AvgIpc) is 3.21. The minimum absolute atomic E-state index is 0.151. The number of hydrazone groups is 1. The predicted molar refractivity (Wildman–Crippen MR) is 98.9 cm³/mol. The van der Waals surface area contributed by atoms with Crippen molar-refractivity contribution in [1.29, 1.82) is 0 Å². The fourth-order valence-electron chi connectivity index (χ4n) is 2.72. The van der Waals surface area contributed by atoms with Crippen LogP contribution in [-0.4, -0.2) is 29.1 Å². The summed E-state index contributed by atoms with van der Waals surface area (Å²) in [7, 11) is 0. The quantitative estimate of drug-likeness (QED) is 0.661. The Hall–Kier alpha value is -2.54. The fraction of sp³-hybridized carbons (Fsp3) is 0.333. The Morgan fingerprint density at radius 3 is 2.96 bits per heavy atom. The van der Waals surface area contributed by atoms with E-state index < -0.39 is 0 Å². The van der Waals surface area contributed by atoms with Crippen LogP contribution in [0.4, 0.5) is 5.69 Å². The first-order valence-corrected chi connectivity index (χ1v) is 9.06. The fourth-order valence-corrected chi connectivity index (χ4v) is 3.34. The van der Waals surface area contributed by atoms with Crippen molar-refractivity contribution in [2.45, 2.75) is 33.1 Å². The molecular formula is C18H20N4O2S. The highest BCUT2D eigenvalue weighted by Crippen LogP contribution is 2.22. The second-order valence-corrected chi connectivity index (χ2v) is 7.03. The lowest BCUT2D eigenvalue weighted by atomic mass is 10.1. The molecule has 1 aliphatic rings. The minimum atomic E-state index is -0.199. The largest absolute Gasteiger partial charge is 0.312 e. The van der Waals surface area contributed by atoms with Gasteiger partial charge in [-0.15, -0.1) is 11.3 Å². The molecule has 2 aromatic rings. The molecular weight excluding hydrogens is 336 g/mol. The lowest BCUT2D eigenvalue weighted by molar-refractivity contribution is -0.120. The van der Waals surface area contributed by atoms with Gasteiger partial charge in [0.1, 0.15) is 0 Å². The molecule has 130 valence electrons. The molecule has 0 atom stereocenters. The highest BCUT2D eigenvalue weighted by molar-refractivity contribution is 7.09. The Kier molecular flexibility index (Phi) is 5.23. The molecule has 1 fully saturated rings. The Morgan fingerprint density at radius 1 is 1.44 bits per heavy atom. The summed E-state index contributed by atoms with van der Waals surface area (Å²) in [6, 6.07) is 7.66. The maximum absolute atomic E-state index is 12.0. The summed E-state index contributed by atoms with van der Waals surface area (Å²) in [5.41, 5.74) is 5.76. The monoisotopic (exact) mass is 356 g/mol. The molecule has 1 aliphatic heterocycles. The van der Waals surface area contributed by atoms with Crippen LogP contribution >= 0.6 is 11.3 Å². The van der Waals surface area contributed by atoms with E-state index in [1.807, 2.05) is 43.5 Å². The first-order valence-electron chi connectivity index (χ1n) is 8.18. The Balaban J connectivity index is 1.65. The van der Waals surface area contributed by atoms with Crippen LogP contribution in [0.2, 0.25) is 0 Å². The Labute approximate surface area is 150 Å². The van der Waals surface area contributed by atoms with E-state index in [1.165, 1.54) is 11.3 Å². The van der Waals surface area contributed by atoms with Crippen molar-refractivity contribution in [2.75, 3.05) is 11.4 Å². The normalized spacial score (nSPS) is 14.9. The van der Waals surface area contributed by atoms with E-state index in [0.717, 1.165) is 34.9 Å². The summed E-state index contributed by atoms with van der Waals surface area (Å²) < 4.78 is 0. The number of carbonyl (C=O) groups is 2. The lowest BCUT2D eigenvalue weighted by Gasteiger charge is -2.16. The highest BCUT2D eigenvalue weighted by atomic mass is 32.1. The number of amides is 2. The molecule has 0 aliphatic carbocycles. The maximum Gasteiger partial charge on any atom is 0.246 e. The molecule has 0 unspecified atom stereocenters. The lowest BCUT2D eigenvalue weighted by Crippen LogP contribution is -2.24.